The number of carboxylic acids is 1. The Kier molecular flexibility index (Phi) is 3.82. The number of carbonyl (C=O) groups is 1. The molecule has 2 rings (SSSR count). The first-order valence-electron chi connectivity index (χ1n) is 5.53. The van der Waals surface area contributed by atoms with Crippen LogP contribution in [0.2, 0.25) is 4.34 Å². The molecule has 1 aliphatic rings. The molecule has 1 fully saturated rings. The van der Waals surface area contributed by atoms with Gasteiger partial charge in [0.15, 0.2) is 0 Å². The first-order chi connectivity index (χ1) is 7.66. The summed E-state index contributed by atoms with van der Waals surface area (Å²) in [5.74, 6) is -0.374. The Bertz CT molecular complexity index is 385. The minimum absolute atomic E-state index is 0.0674. The lowest BCUT2D eigenvalue weighted by atomic mass is 9.90. The third-order valence-corrected chi connectivity index (χ3v) is 4.44. The zero-order valence-electron chi connectivity index (χ0n) is 8.91. The summed E-state index contributed by atoms with van der Waals surface area (Å²) >= 11 is 7.45. The standard InChI is InChI=1S/C11H14ClNO2S/c12-10-8(6-9(14)15)13-11(16-10)7-4-2-1-3-5-7/h7H,1-6H2,(H,14,15). The molecule has 5 heteroatoms. The van der Waals surface area contributed by atoms with Crippen molar-refractivity contribution in [3.63, 3.8) is 0 Å². The second-order valence-electron chi connectivity index (χ2n) is 4.18. The van der Waals surface area contributed by atoms with Crippen molar-refractivity contribution < 1.29 is 9.90 Å². The van der Waals surface area contributed by atoms with Gasteiger partial charge in [0, 0.05) is 5.92 Å². The maximum absolute atomic E-state index is 10.6. The van der Waals surface area contributed by atoms with Crippen molar-refractivity contribution in [2.24, 2.45) is 0 Å². The summed E-state index contributed by atoms with van der Waals surface area (Å²) in [7, 11) is 0. The third-order valence-electron chi connectivity index (χ3n) is 2.94. The summed E-state index contributed by atoms with van der Waals surface area (Å²) in [5, 5.41) is 9.75. The Labute approximate surface area is 103 Å². The van der Waals surface area contributed by atoms with Crippen LogP contribution in [-0.4, -0.2) is 16.1 Å². The van der Waals surface area contributed by atoms with E-state index in [1.807, 2.05) is 0 Å². The lowest BCUT2D eigenvalue weighted by Crippen LogP contribution is -2.05. The molecule has 0 saturated heterocycles. The molecule has 0 aliphatic heterocycles. The molecule has 0 atom stereocenters. The first-order valence-corrected chi connectivity index (χ1v) is 6.73. The summed E-state index contributed by atoms with van der Waals surface area (Å²) in [4.78, 5) is 15.0. The van der Waals surface area contributed by atoms with Gasteiger partial charge in [0.05, 0.1) is 17.1 Å². The number of nitrogens with zero attached hydrogens (tertiary/aromatic N) is 1. The van der Waals surface area contributed by atoms with Crippen molar-refractivity contribution in [2.75, 3.05) is 0 Å². The van der Waals surface area contributed by atoms with Gasteiger partial charge in [-0.15, -0.1) is 11.3 Å². The second-order valence-corrected chi connectivity index (χ2v) is 5.81. The Morgan fingerprint density at radius 1 is 1.44 bits per heavy atom. The van der Waals surface area contributed by atoms with Crippen LogP contribution in [0.15, 0.2) is 0 Å². The topological polar surface area (TPSA) is 50.2 Å². The lowest BCUT2D eigenvalue weighted by Gasteiger charge is -2.18. The van der Waals surface area contributed by atoms with E-state index in [1.165, 1.54) is 30.6 Å². The van der Waals surface area contributed by atoms with E-state index in [1.54, 1.807) is 0 Å². The minimum atomic E-state index is -0.873. The number of aliphatic carboxylic acids is 1. The predicted molar refractivity (Wildman–Crippen MR) is 64.3 cm³/mol. The number of thiazole rings is 1. The number of halogens is 1. The molecular formula is C11H14ClNO2S. The largest absolute Gasteiger partial charge is 0.481 e. The van der Waals surface area contributed by atoms with Crippen LogP contribution in [0.4, 0.5) is 0 Å². The van der Waals surface area contributed by atoms with E-state index in [4.69, 9.17) is 16.7 Å². The van der Waals surface area contributed by atoms with Crippen LogP contribution in [0.5, 0.6) is 0 Å². The van der Waals surface area contributed by atoms with Crippen LogP contribution in [0.1, 0.15) is 48.7 Å². The average Bonchev–Trinajstić information content (AvgIpc) is 2.61. The second kappa shape index (κ2) is 5.15. The van der Waals surface area contributed by atoms with Crippen LogP contribution in [0.3, 0.4) is 0 Å². The zero-order chi connectivity index (χ0) is 11.5. The van der Waals surface area contributed by atoms with Gasteiger partial charge in [0.1, 0.15) is 4.34 Å². The van der Waals surface area contributed by atoms with Gasteiger partial charge >= 0.3 is 5.97 Å². The molecule has 0 spiro atoms. The molecule has 0 unspecified atom stereocenters. The van der Waals surface area contributed by atoms with Crippen molar-refractivity contribution in [2.45, 2.75) is 44.4 Å². The Balaban J connectivity index is 2.12. The van der Waals surface area contributed by atoms with Gasteiger partial charge in [0.25, 0.3) is 0 Å². The summed E-state index contributed by atoms with van der Waals surface area (Å²) in [6.45, 7) is 0. The van der Waals surface area contributed by atoms with E-state index >= 15 is 0 Å². The maximum Gasteiger partial charge on any atom is 0.309 e. The molecule has 1 heterocycles. The fourth-order valence-electron chi connectivity index (χ4n) is 2.13. The fraction of sp³-hybridized carbons (Fsp3) is 0.636. The molecule has 0 radical (unpaired) electrons. The summed E-state index contributed by atoms with van der Waals surface area (Å²) in [6, 6.07) is 0. The maximum atomic E-state index is 10.6. The quantitative estimate of drug-likeness (QED) is 0.904. The Morgan fingerprint density at radius 2 is 2.12 bits per heavy atom. The molecule has 1 aromatic rings. The fourth-order valence-corrected chi connectivity index (χ4v) is 3.45. The average molecular weight is 260 g/mol. The SMILES string of the molecule is O=C(O)Cc1nc(C2CCCCC2)sc1Cl. The molecule has 3 nitrogen and oxygen atoms in total. The van der Waals surface area contributed by atoms with Crippen molar-refractivity contribution >= 4 is 28.9 Å². The molecule has 0 bridgehead atoms. The molecule has 1 aliphatic carbocycles. The molecule has 0 aromatic carbocycles. The molecule has 16 heavy (non-hydrogen) atoms. The van der Waals surface area contributed by atoms with Gasteiger partial charge in [-0.1, -0.05) is 30.9 Å². The van der Waals surface area contributed by atoms with E-state index in [2.05, 4.69) is 4.98 Å². The van der Waals surface area contributed by atoms with Gasteiger partial charge in [0.2, 0.25) is 0 Å². The Morgan fingerprint density at radius 3 is 2.75 bits per heavy atom. The van der Waals surface area contributed by atoms with E-state index in [9.17, 15) is 4.79 Å². The highest BCUT2D eigenvalue weighted by Gasteiger charge is 2.21. The summed E-state index contributed by atoms with van der Waals surface area (Å²) in [6.07, 6.45) is 6.05. The molecule has 0 amide bonds. The number of aromatic nitrogens is 1. The van der Waals surface area contributed by atoms with E-state index in [-0.39, 0.29) is 6.42 Å². The van der Waals surface area contributed by atoms with Crippen LogP contribution >= 0.6 is 22.9 Å². The predicted octanol–water partition coefficient (Wildman–Crippen LogP) is 3.47. The van der Waals surface area contributed by atoms with E-state index in [0.29, 0.717) is 15.9 Å². The molecular weight excluding hydrogens is 246 g/mol. The molecule has 1 saturated carbocycles. The monoisotopic (exact) mass is 259 g/mol. The van der Waals surface area contributed by atoms with Crippen LogP contribution in [0.25, 0.3) is 0 Å². The van der Waals surface area contributed by atoms with Crippen LogP contribution in [-0.2, 0) is 11.2 Å². The van der Waals surface area contributed by atoms with E-state index < -0.39 is 5.97 Å². The van der Waals surface area contributed by atoms with Gasteiger partial charge in [-0.3, -0.25) is 4.79 Å². The smallest absolute Gasteiger partial charge is 0.309 e. The van der Waals surface area contributed by atoms with Crippen molar-refractivity contribution in [3.05, 3.63) is 15.0 Å². The number of carboxylic acid groups (broad SMARTS) is 1. The molecule has 1 aromatic heterocycles. The van der Waals surface area contributed by atoms with Crippen molar-refractivity contribution in [3.8, 4) is 0 Å². The Hall–Kier alpha value is -0.610. The number of hydrogen-bond acceptors (Lipinski definition) is 3. The lowest BCUT2D eigenvalue weighted by molar-refractivity contribution is -0.136. The van der Waals surface area contributed by atoms with Gasteiger partial charge in [-0.2, -0.15) is 0 Å². The van der Waals surface area contributed by atoms with E-state index in [0.717, 1.165) is 17.8 Å². The third kappa shape index (κ3) is 2.74. The van der Waals surface area contributed by atoms with Crippen LogP contribution in [0, 0.1) is 0 Å². The molecule has 1 N–H and O–H groups in total. The van der Waals surface area contributed by atoms with Gasteiger partial charge < -0.3 is 5.11 Å². The highest BCUT2D eigenvalue weighted by atomic mass is 35.5. The van der Waals surface area contributed by atoms with Crippen molar-refractivity contribution in [1.82, 2.24) is 4.98 Å². The van der Waals surface area contributed by atoms with Crippen LogP contribution < -0.4 is 0 Å². The highest BCUT2D eigenvalue weighted by molar-refractivity contribution is 7.16. The normalized spacial score (nSPS) is 17.6. The molecule has 88 valence electrons. The number of hydrogen-bond donors (Lipinski definition) is 1. The van der Waals surface area contributed by atoms with Crippen molar-refractivity contribution in [1.29, 1.82) is 0 Å². The van der Waals surface area contributed by atoms with Gasteiger partial charge in [-0.25, -0.2) is 4.98 Å². The highest BCUT2D eigenvalue weighted by Crippen LogP contribution is 2.37. The first kappa shape index (κ1) is 11.9. The summed E-state index contributed by atoms with van der Waals surface area (Å²) < 4.78 is 0.544. The minimum Gasteiger partial charge on any atom is -0.481 e. The zero-order valence-corrected chi connectivity index (χ0v) is 10.5. The summed E-state index contributed by atoms with van der Waals surface area (Å²) in [5.41, 5.74) is 0.528. The van der Waals surface area contributed by atoms with Gasteiger partial charge in [-0.05, 0) is 12.8 Å². The number of rotatable bonds is 3.